The third-order valence-electron chi connectivity index (χ3n) is 2.22. The first-order valence-electron chi connectivity index (χ1n) is 4.84. The van der Waals surface area contributed by atoms with Gasteiger partial charge in [-0.3, -0.25) is 0 Å². The SMILES string of the molecule is CNCc1nccn1-c1ccc(Cl)cc1Cl. The zero-order valence-corrected chi connectivity index (χ0v) is 10.3. The maximum absolute atomic E-state index is 6.14. The Kier molecular flexibility index (Phi) is 3.49. The lowest BCUT2D eigenvalue weighted by atomic mass is 10.3. The van der Waals surface area contributed by atoms with Gasteiger partial charge in [0.2, 0.25) is 0 Å². The third-order valence-corrected chi connectivity index (χ3v) is 2.76. The largest absolute Gasteiger partial charge is 0.313 e. The van der Waals surface area contributed by atoms with Gasteiger partial charge in [0.25, 0.3) is 0 Å². The van der Waals surface area contributed by atoms with Crippen LogP contribution in [0, 0.1) is 0 Å². The van der Waals surface area contributed by atoms with Crippen LogP contribution in [0.2, 0.25) is 10.0 Å². The van der Waals surface area contributed by atoms with E-state index < -0.39 is 0 Å². The number of hydrogen-bond donors (Lipinski definition) is 1. The van der Waals surface area contributed by atoms with Gasteiger partial charge in [0.15, 0.2) is 0 Å². The van der Waals surface area contributed by atoms with E-state index in [0.717, 1.165) is 11.5 Å². The molecule has 0 atom stereocenters. The summed E-state index contributed by atoms with van der Waals surface area (Å²) in [7, 11) is 1.88. The number of nitrogens with one attached hydrogen (secondary N) is 1. The van der Waals surface area contributed by atoms with E-state index in [2.05, 4.69) is 10.3 Å². The third kappa shape index (κ3) is 2.21. The molecule has 1 aromatic carbocycles. The Morgan fingerprint density at radius 3 is 2.88 bits per heavy atom. The molecule has 0 saturated carbocycles. The Morgan fingerprint density at radius 2 is 2.19 bits per heavy atom. The zero-order chi connectivity index (χ0) is 11.5. The van der Waals surface area contributed by atoms with Crippen LogP contribution in [-0.4, -0.2) is 16.6 Å². The molecule has 0 unspecified atom stereocenters. The Balaban J connectivity index is 2.46. The minimum atomic E-state index is 0.614. The van der Waals surface area contributed by atoms with Gasteiger partial charge in [-0.2, -0.15) is 0 Å². The molecule has 16 heavy (non-hydrogen) atoms. The van der Waals surface area contributed by atoms with Crippen molar-refractivity contribution in [1.82, 2.24) is 14.9 Å². The molecule has 3 nitrogen and oxygen atoms in total. The van der Waals surface area contributed by atoms with Crippen LogP contribution in [0.4, 0.5) is 0 Å². The van der Waals surface area contributed by atoms with Gasteiger partial charge in [-0.1, -0.05) is 23.2 Å². The maximum atomic E-state index is 6.14. The van der Waals surface area contributed by atoms with Gasteiger partial charge in [-0.15, -0.1) is 0 Å². The molecule has 0 amide bonds. The first-order valence-corrected chi connectivity index (χ1v) is 5.60. The predicted octanol–water partition coefficient (Wildman–Crippen LogP) is 2.90. The summed E-state index contributed by atoms with van der Waals surface area (Å²) in [6, 6.07) is 5.42. The number of benzene rings is 1. The zero-order valence-electron chi connectivity index (χ0n) is 8.74. The fourth-order valence-electron chi connectivity index (χ4n) is 1.52. The van der Waals surface area contributed by atoms with Crippen molar-refractivity contribution in [2.45, 2.75) is 6.54 Å². The fraction of sp³-hybridized carbons (Fsp3) is 0.182. The van der Waals surface area contributed by atoms with Crippen LogP contribution < -0.4 is 5.32 Å². The number of aromatic nitrogens is 2. The average molecular weight is 256 g/mol. The van der Waals surface area contributed by atoms with E-state index in [1.54, 1.807) is 12.3 Å². The molecule has 0 saturated heterocycles. The van der Waals surface area contributed by atoms with Crippen LogP contribution in [-0.2, 0) is 6.54 Å². The highest BCUT2D eigenvalue weighted by Gasteiger charge is 2.07. The van der Waals surface area contributed by atoms with E-state index in [0.29, 0.717) is 16.6 Å². The second-order valence-electron chi connectivity index (χ2n) is 3.34. The topological polar surface area (TPSA) is 29.9 Å². The molecule has 0 aliphatic rings. The van der Waals surface area contributed by atoms with Crippen molar-refractivity contribution in [1.29, 1.82) is 0 Å². The molecular weight excluding hydrogens is 245 g/mol. The molecular formula is C11H11Cl2N3. The fourth-order valence-corrected chi connectivity index (χ4v) is 2.02. The molecule has 0 spiro atoms. The van der Waals surface area contributed by atoms with Gasteiger partial charge in [0, 0.05) is 17.4 Å². The van der Waals surface area contributed by atoms with Gasteiger partial charge in [0.1, 0.15) is 5.82 Å². The number of halogens is 2. The van der Waals surface area contributed by atoms with E-state index in [-0.39, 0.29) is 0 Å². The van der Waals surface area contributed by atoms with Crippen LogP contribution in [0.3, 0.4) is 0 Å². The highest BCUT2D eigenvalue weighted by atomic mass is 35.5. The van der Waals surface area contributed by atoms with E-state index >= 15 is 0 Å². The molecule has 0 bridgehead atoms. The predicted molar refractivity (Wildman–Crippen MR) is 66.3 cm³/mol. The Morgan fingerprint density at radius 1 is 1.38 bits per heavy atom. The maximum Gasteiger partial charge on any atom is 0.127 e. The summed E-state index contributed by atoms with van der Waals surface area (Å²) in [6.45, 7) is 0.686. The first kappa shape index (κ1) is 11.5. The molecule has 1 aromatic heterocycles. The number of nitrogens with zero attached hydrogens (tertiary/aromatic N) is 2. The molecule has 84 valence electrons. The molecule has 1 N–H and O–H groups in total. The van der Waals surface area contributed by atoms with Crippen molar-refractivity contribution in [2.24, 2.45) is 0 Å². The summed E-state index contributed by atoms with van der Waals surface area (Å²) in [4.78, 5) is 4.25. The summed E-state index contributed by atoms with van der Waals surface area (Å²) in [5, 5.41) is 4.30. The Hall–Kier alpha value is -1.03. The lowest BCUT2D eigenvalue weighted by Gasteiger charge is -2.09. The number of imidazole rings is 1. The van der Waals surface area contributed by atoms with Crippen molar-refractivity contribution in [3.8, 4) is 5.69 Å². The van der Waals surface area contributed by atoms with Crippen molar-refractivity contribution < 1.29 is 0 Å². The second-order valence-corrected chi connectivity index (χ2v) is 4.18. The van der Waals surface area contributed by atoms with E-state index in [1.165, 1.54) is 0 Å². The molecule has 0 aliphatic heterocycles. The average Bonchev–Trinajstić information content (AvgIpc) is 2.67. The summed E-state index contributed by atoms with van der Waals surface area (Å²) >= 11 is 12.0. The van der Waals surface area contributed by atoms with E-state index in [1.807, 2.05) is 29.9 Å². The van der Waals surface area contributed by atoms with Crippen LogP contribution in [0.5, 0.6) is 0 Å². The molecule has 5 heteroatoms. The first-order chi connectivity index (χ1) is 7.72. The summed E-state index contributed by atoms with van der Waals surface area (Å²) in [5.74, 6) is 0.909. The quantitative estimate of drug-likeness (QED) is 0.915. The molecule has 0 fully saturated rings. The van der Waals surface area contributed by atoms with Gasteiger partial charge in [-0.25, -0.2) is 4.98 Å². The van der Waals surface area contributed by atoms with Crippen molar-refractivity contribution in [3.63, 3.8) is 0 Å². The van der Waals surface area contributed by atoms with Crippen LogP contribution >= 0.6 is 23.2 Å². The van der Waals surface area contributed by atoms with E-state index in [9.17, 15) is 0 Å². The van der Waals surface area contributed by atoms with Crippen LogP contribution in [0.15, 0.2) is 30.6 Å². The van der Waals surface area contributed by atoms with E-state index in [4.69, 9.17) is 23.2 Å². The van der Waals surface area contributed by atoms with Gasteiger partial charge >= 0.3 is 0 Å². The highest BCUT2D eigenvalue weighted by molar-refractivity contribution is 6.35. The van der Waals surface area contributed by atoms with Gasteiger partial charge < -0.3 is 9.88 Å². The lowest BCUT2D eigenvalue weighted by Crippen LogP contribution is -2.11. The van der Waals surface area contributed by atoms with Gasteiger partial charge in [0.05, 0.1) is 17.3 Å². The summed E-state index contributed by atoms with van der Waals surface area (Å²) < 4.78 is 1.94. The Bertz CT molecular complexity index is 494. The number of rotatable bonds is 3. The molecule has 0 aliphatic carbocycles. The molecule has 2 rings (SSSR count). The molecule has 2 aromatic rings. The Labute approximate surface area is 104 Å². The molecule has 0 radical (unpaired) electrons. The van der Waals surface area contributed by atoms with Crippen LogP contribution in [0.1, 0.15) is 5.82 Å². The lowest BCUT2D eigenvalue weighted by molar-refractivity contribution is 0.742. The smallest absolute Gasteiger partial charge is 0.127 e. The second kappa shape index (κ2) is 4.87. The van der Waals surface area contributed by atoms with Gasteiger partial charge in [-0.05, 0) is 25.2 Å². The number of hydrogen-bond acceptors (Lipinski definition) is 2. The monoisotopic (exact) mass is 255 g/mol. The molecule has 1 heterocycles. The normalized spacial score (nSPS) is 10.7. The summed E-state index contributed by atoms with van der Waals surface area (Å²) in [5.41, 5.74) is 0.883. The minimum Gasteiger partial charge on any atom is -0.313 e. The van der Waals surface area contributed by atoms with Crippen LogP contribution in [0.25, 0.3) is 5.69 Å². The summed E-state index contributed by atoms with van der Waals surface area (Å²) in [6.07, 6.45) is 3.62. The van der Waals surface area contributed by atoms with Crippen molar-refractivity contribution in [3.05, 3.63) is 46.5 Å². The van der Waals surface area contributed by atoms with Crippen molar-refractivity contribution >= 4 is 23.2 Å². The standard InChI is InChI=1S/C11H11Cl2N3/c1-14-7-11-15-4-5-16(11)10-3-2-8(12)6-9(10)13/h2-6,14H,7H2,1H3. The van der Waals surface area contributed by atoms with Crippen molar-refractivity contribution in [2.75, 3.05) is 7.05 Å². The minimum absolute atomic E-state index is 0.614. The highest BCUT2D eigenvalue weighted by Crippen LogP contribution is 2.25.